The van der Waals surface area contributed by atoms with Crippen molar-refractivity contribution in [2.24, 2.45) is 5.92 Å². The predicted molar refractivity (Wildman–Crippen MR) is 136 cm³/mol. The maximum absolute atomic E-state index is 13.5. The second-order valence-electron chi connectivity index (χ2n) is 9.61. The molecule has 1 fully saturated rings. The molecule has 0 aliphatic heterocycles. The Balaban J connectivity index is 1.42. The fraction of sp³-hybridized carbons (Fsp3) is 0.444. The molecule has 0 spiro atoms. The first-order chi connectivity index (χ1) is 17.2. The van der Waals surface area contributed by atoms with Crippen molar-refractivity contribution in [1.29, 1.82) is 0 Å². The highest BCUT2D eigenvalue weighted by molar-refractivity contribution is 5.76. The highest BCUT2D eigenvalue weighted by Crippen LogP contribution is 2.28. The molecule has 1 saturated carbocycles. The number of nitrogens with zero attached hydrogens (tertiary/aromatic N) is 6. The maximum Gasteiger partial charge on any atom is 0.328 e. The van der Waals surface area contributed by atoms with Crippen LogP contribution in [0.1, 0.15) is 62.4 Å². The van der Waals surface area contributed by atoms with Crippen LogP contribution in [0.4, 0.5) is 0 Å². The lowest BCUT2D eigenvalue weighted by atomic mass is 9.89. The summed E-state index contributed by atoms with van der Waals surface area (Å²) in [6.07, 6.45) is 10.1. The summed E-state index contributed by atoms with van der Waals surface area (Å²) in [5.74, 6) is 1.21. The van der Waals surface area contributed by atoms with Crippen LogP contribution in [-0.2, 0) is 19.5 Å². The molecule has 8 nitrogen and oxygen atoms in total. The molecule has 4 aromatic rings. The number of nitrogens with one attached hydrogen (secondary N) is 1. The number of benzene rings is 1. The Morgan fingerprint density at radius 2 is 1.86 bits per heavy atom. The van der Waals surface area contributed by atoms with E-state index in [4.69, 9.17) is 0 Å². The summed E-state index contributed by atoms with van der Waals surface area (Å²) in [4.78, 5) is 18.1. The zero-order valence-electron chi connectivity index (χ0n) is 20.6. The molecule has 0 unspecified atom stereocenters. The van der Waals surface area contributed by atoms with Gasteiger partial charge >= 0.3 is 5.69 Å². The fourth-order valence-corrected chi connectivity index (χ4v) is 5.36. The molecule has 182 valence electrons. The Bertz CT molecular complexity index is 1310. The molecule has 5 rings (SSSR count). The molecular weight excluding hydrogens is 438 g/mol. The quantitative estimate of drug-likeness (QED) is 0.399. The van der Waals surface area contributed by atoms with Crippen molar-refractivity contribution in [3.05, 3.63) is 70.0 Å². The van der Waals surface area contributed by atoms with E-state index < -0.39 is 0 Å². The van der Waals surface area contributed by atoms with Crippen LogP contribution in [0.25, 0.3) is 22.6 Å². The van der Waals surface area contributed by atoms with Gasteiger partial charge in [0.25, 0.3) is 0 Å². The number of imidazole rings is 1. The molecule has 0 amide bonds. The van der Waals surface area contributed by atoms with Gasteiger partial charge in [-0.25, -0.2) is 9.89 Å². The average Bonchev–Trinajstić information content (AvgIpc) is 3.51. The van der Waals surface area contributed by atoms with E-state index in [-0.39, 0.29) is 5.69 Å². The van der Waals surface area contributed by atoms with Crippen LogP contribution >= 0.6 is 0 Å². The van der Waals surface area contributed by atoms with Gasteiger partial charge in [-0.1, -0.05) is 56.9 Å². The van der Waals surface area contributed by atoms with Crippen molar-refractivity contribution in [3.63, 3.8) is 0 Å². The number of rotatable bonds is 8. The van der Waals surface area contributed by atoms with Crippen LogP contribution in [-0.4, -0.2) is 34.7 Å². The molecule has 1 aliphatic carbocycles. The molecule has 35 heavy (non-hydrogen) atoms. The molecule has 1 N–H and O–H groups in total. The van der Waals surface area contributed by atoms with Gasteiger partial charge in [0.05, 0.1) is 12.2 Å². The third-order valence-corrected chi connectivity index (χ3v) is 7.24. The van der Waals surface area contributed by atoms with Crippen LogP contribution in [0.3, 0.4) is 0 Å². The minimum atomic E-state index is 0.130. The average molecular weight is 472 g/mol. The molecule has 8 heteroatoms. The van der Waals surface area contributed by atoms with E-state index in [0.717, 1.165) is 47.5 Å². The Kier molecular flexibility index (Phi) is 6.88. The van der Waals surface area contributed by atoms with E-state index >= 15 is 0 Å². The van der Waals surface area contributed by atoms with Crippen LogP contribution in [0.5, 0.6) is 0 Å². The van der Waals surface area contributed by atoms with Gasteiger partial charge in [0.1, 0.15) is 0 Å². The van der Waals surface area contributed by atoms with Gasteiger partial charge < -0.3 is 0 Å². The van der Waals surface area contributed by atoms with Crippen LogP contribution in [0.15, 0.2) is 47.4 Å². The third kappa shape index (κ3) is 4.83. The first-order valence-electron chi connectivity index (χ1n) is 12.7. The summed E-state index contributed by atoms with van der Waals surface area (Å²) < 4.78 is 4.03. The van der Waals surface area contributed by atoms with Crippen LogP contribution < -0.4 is 5.69 Å². The molecule has 0 atom stereocenters. The summed E-state index contributed by atoms with van der Waals surface area (Å²) in [5, 5.41) is 14.2. The SMILES string of the molecule is CCCc1c(C)n(CC2CCCCC2)c(=O)n1Cc1ccc(-c2ncccc2-c2nnn[nH]2)cc1. The molecular formula is C27H33N7O. The number of hydrogen-bond donors (Lipinski definition) is 1. The molecule has 1 aliphatic rings. The van der Waals surface area contributed by atoms with Crippen molar-refractivity contribution >= 4 is 0 Å². The van der Waals surface area contributed by atoms with Gasteiger partial charge in [0.15, 0.2) is 5.82 Å². The zero-order valence-corrected chi connectivity index (χ0v) is 20.6. The lowest BCUT2D eigenvalue weighted by Gasteiger charge is -2.22. The number of aromatic amines is 1. The molecule has 0 bridgehead atoms. The zero-order chi connectivity index (χ0) is 24.2. The van der Waals surface area contributed by atoms with E-state index in [1.807, 2.05) is 21.3 Å². The topological polar surface area (TPSA) is 94.3 Å². The predicted octanol–water partition coefficient (Wildman–Crippen LogP) is 4.78. The second-order valence-corrected chi connectivity index (χ2v) is 9.61. The van der Waals surface area contributed by atoms with Crippen molar-refractivity contribution < 1.29 is 0 Å². The number of H-pyrrole nitrogens is 1. The van der Waals surface area contributed by atoms with E-state index in [9.17, 15) is 4.79 Å². The minimum absolute atomic E-state index is 0.130. The summed E-state index contributed by atoms with van der Waals surface area (Å²) in [6.45, 7) is 5.73. The van der Waals surface area contributed by atoms with Gasteiger partial charge in [0.2, 0.25) is 0 Å². The monoisotopic (exact) mass is 471 g/mol. The summed E-state index contributed by atoms with van der Waals surface area (Å²) in [6, 6.07) is 12.1. The van der Waals surface area contributed by atoms with Crippen LogP contribution in [0.2, 0.25) is 0 Å². The number of pyridine rings is 1. The first kappa shape index (κ1) is 23.2. The van der Waals surface area contributed by atoms with Gasteiger partial charge in [-0.05, 0) is 60.2 Å². The number of hydrogen-bond acceptors (Lipinski definition) is 5. The molecule has 3 aromatic heterocycles. The minimum Gasteiger partial charge on any atom is -0.296 e. The van der Waals surface area contributed by atoms with Crippen LogP contribution in [0, 0.1) is 12.8 Å². The molecule has 1 aromatic carbocycles. The maximum atomic E-state index is 13.5. The Morgan fingerprint density at radius 3 is 2.57 bits per heavy atom. The molecule has 0 radical (unpaired) electrons. The standard InChI is InChI=1S/C27H33N7O/c1-3-8-24-19(2)33(17-20-9-5-4-6-10-20)27(35)34(24)18-21-12-14-22(15-13-21)25-23(11-7-16-28-25)26-29-31-32-30-26/h7,11-16,20H,3-6,8-10,17-18H2,1-2H3,(H,29,30,31,32). The lowest BCUT2D eigenvalue weighted by molar-refractivity contribution is 0.313. The number of aromatic nitrogens is 7. The molecule has 3 heterocycles. The largest absolute Gasteiger partial charge is 0.328 e. The second kappa shape index (κ2) is 10.4. The highest BCUT2D eigenvalue weighted by Gasteiger charge is 2.21. The highest BCUT2D eigenvalue weighted by atomic mass is 16.1. The Labute approximate surface area is 205 Å². The third-order valence-electron chi connectivity index (χ3n) is 7.24. The van der Waals surface area contributed by atoms with Crippen molar-refractivity contribution in [2.75, 3.05) is 0 Å². The number of tetrazole rings is 1. The molecule has 0 saturated heterocycles. The van der Waals surface area contributed by atoms with Gasteiger partial charge in [-0.15, -0.1) is 5.10 Å². The smallest absolute Gasteiger partial charge is 0.296 e. The summed E-state index contributed by atoms with van der Waals surface area (Å²) in [7, 11) is 0. The van der Waals surface area contributed by atoms with E-state index in [1.54, 1.807) is 6.20 Å². The van der Waals surface area contributed by atoms with Gasteiger partial charge in [-0.2, -0.15) is 0 Å². The van der Waals surface area contributed by atoms with E-state index in [2.05, 4.69) is 63.7 Å². The first-order valence-corrected chi connectivity index (χ1v) is 12.7. The van der Waals surface area contributed by atoms with Crippen molar-refractivity contribution in [1.82, 2.24) is 34.7 Å². The Hall–Kier alpha value is -3.55. The van der Waals surface area contributed by atoms with Gasteiger partial charge in [-0.3, -0.25) is 14.1 Å². The lowest BCUT2D eigenvalue weighted by Crippen LogP contribution is -2.28. The van der Waals surface area contributed by atoms with E-state index in [0.29, 0.717) is 18.3 Å². The van der Waals surface area contributed by atoms with E-state index in [1.165, 1.54) is 37.8 Å². The summed E-state index contributed by atoms with van der Waals surface area (Å²) in [5.41, 5.74) is 6.18. The van der Waals surface area contributed by atoms with Crippen molar-refractivity contribution in [2.45, 2.75) is 71.9 Å². The van der Waals surface area contributed by atoms with Crippen molar-refractivity contribution in [3.8, 4) is 22.6 Å². The van der Waals surface area contributed by atoms with Gasteiger partial charge in [0, 0.05) is 35.3 Å². The summed E-state index contributed by atoms with van der Waals surface area (Å²) >= 11 is 0. The fourth-order valence-electron chi connectivity index (χ4n) is 5.36. The Morgan fingerprint density at radius 1 is 1.06 bits per heavy atom. The normalized spacial score (nSPS) is 14.5.